The van der Waals surface area contributed by atoms with Gasteiger partial charge >= 0.3 is 0 Å². The second kappa shape index (κ2) is 5.90. The van der Waals surface area contributed by atoms with Gasteiger partial charge in [0.1, 0.15) is 0 Å². The zero-order valence-corrected chi connectivity index (χ0v) is 16.4. The maximum absolute atomic E-state index is 6.10. The monoisotopic (exact) mass is 358 g/mol. The number of aromatic nitrogens is 2. The van der Waals surface area contributed by atoms with E-state index in [4.69, 9.17) is 9.47 Å². The number of nitrogens with zero attached hydrogens (tertiary/aromatic N) is 2. The Morgan fingerprint density at radius 2 is 1.52 bits per heavy atom. The van der Waals surface area contributed by atoms with Crippen LogP contribution in [0.3, 0.4) is 0 Å². The van der Waals surface area contributed by atoms with Crippen molar-refractivity contribution in [1.29, 1.82) is 0 Å². The maximum Gasteiger partial charge on any atom is 0.170 e. The smallest absolute Gasteiger partial charge is 0.170 e. The van der Waals surface area contributed by atoms with E-state index in [2.05, 4.69) is 67.8 Å². The topological polar surface area (TPSA) is 36.3 Å². The molecule has 0 bridgehead atoms. The highest BCUT2D eigenvalue weighted by Crippen LogP contribution is 2.68. The first-order valence-electron chi connectivity index (χ1n) is 9.01. The third-order valence-corrected chi connectivity index (χ3v) is 8.81. The lowest BCUT2D eigenvalue weighted by molar-refractivity contribution is -0.178. The largest absolute Gasteiger partial charge is 0.347 e. The first kappa shape index (κ1) is 17.2. The summed E-state index contributed by atoms with van der Waals surface area (Å²) in [6.07, 6.45) is 3.81. The zero-order chi connectivity index (χ0) is 17.7. The van der Waals surface area contributed by atoms with E-state index in [9.17, 15) is 0 Å². The molecule has 2 fully saturated rings. The fourth-order valence-electron chi connectivity index (χ4n) is 4.91. The highest BCUT2D eigenvalue weighted by atomic mass is 31.1. The van der Waals surface area contributed by atoms with Gasteiger partial charge in [0.15, 0.2) is 5.79 Å². The second-order valence-corrected chi connectivity index (χ2v) is 11.9. The molecule has 4 nitrogen and oxygen atoms in total. The van der Waals surface area contributed by atoms with Crippen LogP contribution in [0.15, 0.2) is 42.6 Å². The normalized spacial score (nSPS) is 24.6. The fraction of sp³-hybridized carbons (Fsp3) is 0.550. The third kappa shape index (κ3) is 2.95. The van der Waals surface area contributed by atoms with Crippen LogP contribution in [0.25, 0.3) is 5.69 Å². The van der Waals surface area contributed by atoms with Crippen LogP contribution in [0.1, 0.15) is 40.5 Å². The summed E-state index contributed by atoms with van der Waals surface area (Å²) in [5.41, 5.74) is 2.47. The summed E-state index contributed by atoms with van der Waals surface area (Å²) >= 11 is 0. The average molecular weight is 358 g/mol. The molecule has 1 aromatic carbocycles. The molecule has 134 valence electrons. The maximum atomic E-state index is 6.10. The van der Waals surface area contributed by atoms with Crippen LogP contribution in [0, 0.1) is 0 Å². The van der Waals surface area contributed by atoms with Gasteiger partial charge in [-0.2, -0.15) is 5.10 Å². The van der Waals surface area contributed by atoms with Crippen molar-refractivity contribution in [2.75, 3.05) is 13.2 Å². The molecule has 1 aromatic heterocycles. The summed E-state index contributed by atoms with van der Waals surface area (Å²) in [6.45, 7) is 10.9. The lowest BCUT2D eigenvalue weighted by atomic mass is 9.91. The molecule has 0 atom stereocenters. The lowest BCUT2D eigenvalue weighted by Crippen LogP contribution is -2.53. The van der Waals surface area contributed by atoms with Gasteiger partial charge in [0, 0.05) is 12.8 Å². The average Bonchev–Trinajstić information content (AvgIpc) is 3.15. The number of hydrogen-bond donors (Lipinski definition) is 0. The van der Waals surface area contributed by atoms with E-state index in [1.807, 2.05) is 12.3 Å². The van der Waals surface area contributed by atoms with Gasteiger partial charge in [0.25, 0.3) is 0 Å². The predicted molar refractivity (Wildman–Crippen MR) is 102 cm³/mol. The molecule has 5 heteroatoms. The van der Waals surface area contributed by atoms with Crippen molar-refractivity contribution < 1.29 is 9.47 Å². The van der Waals surface area contributed by atoms with Gasteiger partial charge in [-0.1, -0.05) is 45.9 Å². The quantitative estimate of drug-likeness (QED) is 0.759. The third-order valence-electron chi connectivity index (χ3n) is 5.28. The molecule has 2 aliphatic rings. The van der Waals surface area contributed by atoms with Gasteiger partial charge in [0.05, 0.1) is 30.5 Å². The minimum Gasteiger partial charge on any atom is -0.347 e. The Bertz CT molecular complexity index is 728. The van der Waals surface area contributed by atoms with E-state index in [0.29, 0.717) is 13.2 Å². The molecule has 0 saturated carbocycles. The molecule has 4 rings (SSSR count). The van der Waals surface area contributed by atoms with Crippen molar-refractivity contribution in [1.82, 2.24) is 9.78 Å². The van der Waals surface area contributed by atoms with Crippen LogP contribution in [0.2, 0.25) is 0 Å². The first-order chi connectivity index (χ1) is 11.8. The van der Waals surface area contributed by atoms with E-state index in [-0.39, 0.29) is 10.3 Å². The van der Waals surface area contributed by atoms with E-state index in [1.165, 1.54) is 5.44 Å². The standard InChI is InChI=1S/C20H27N2O2P/c1-18(2)14-20(23-12-13-24-20)15-19(3,4)25(18)17-10-11-21-22(17)16-8-6-5-7-9-16/h5-11H,12-15H2,1-4H3. The second-order valence-electron chi connectivity index (χ2n) is 8.36. The Kier molecular flexibility index (Phi) is 4.06. The van der Waals surface area contributed by atoms with Gasteiger partial charge in [-0.05, 0) is 36.4 Å². The molecule has 0 N–H and O–H groups in total. The first-order valence-corrected chi connectivity index (χ1v) is 10.4. The zero-order valence-electron chi connectivity index (χ0n) is 15.5. The van der Waals surface area contributed by atoms with Crippen LogP contribution in [-0.2, 0) is 9.47 Å². The molecule has 0 amide bonds. The van der Waals surface area contributed by atoms with Gasteiger partial charge in [0.2, 0.25) is 0 Å². The molecular formula is C20H27N2O2P. The fourth-order valence-corrected chi connectivity index (χ4v) is 9.16. The van der Waals surface area contributed by atoms with Crippen molar-refractivity contribution in [3.05, 3.63) is 42.6 Å². The molecule has 1 spiro atoms. The minimum atomic E-state index is -0.462. The van der Waals surface area contributed by atoms with Crippen LogP contribution in [0.4, 0.5) is 0 Å². The van der Waals surface area contributed by atoms with E-state index in [0.717, 1.165) is 18.5 Å². The van der Waals surface area contributed by atoms with Gasteiger partial charge < -0.3 is 9.47 Å². The molecular weight excluding hydrogens is 331 g/mol. The Morgan fingerprint density at radius 3 is 2.12 bits per heavy atom. The van der Waals surface area contributed by atoms with Crippen LogP contribution < -0.4 is 5.44 Å². The molecule has 3 heterocycles. The van der Waals surface area contributed by atoms with Crippen molar-refractivity contribution in [3.8, 4) is 5.69 Å². The van der Waals surface area contributed by atoms with Gasteiger partial charge in [-0.15, -0.1) is 0 Å². The highest BCUT2D eigenvalue weighted by Gasteiger charge is 2.57. The summed E-state index contributed by atoms with van der Waals surface area (Å²) in [4.78, 5) is 0. The highest BCUT2D eigenvalue weighted by molar-refractivity contribution is 7.68. The molecule has 2 aromatic rings. The Balaban J connectivity index is 1.77. The van der Waals surface area contributed by atoms with Crippen molar-refractivity contribution in [3.63, 3.8) is 0 Å². The predicted octanol–water partition coefficient (Wildman–Crippen LogP) is 4.07. The molecule has 0 aliphatic carbocycles. The molecule has 0 unspecified atom stereocenters. The molecule has 2 aliphatic heterocycles. The Morgan fingerprint density at radius 1 is 0.920 bits per heavy atom. The summed E-state index contributed by atoms with van der Waals surface area (Å²) in [7, 11) is -0.462. The Hall–Kier alpha value is -1.22. The number of para-hydroxylation sites is 1. The number of ether oxygens (including phenoxy) is 2. The van der Waals surface area contributed by atoms with Gasteiger partial charge in [-0.25, -0.2) is 4.68 Å². The number of benzene rings is 1. The van der Waals surface area contributed by atoms with Gasteiger partial charge in [-0.3, -0.25) is 0 Å². The minimum absolute atomic E-state index is 0.105. The Labute approximate surface area is 151 Å². The summed E-state index contributed by atoms with van der Waals surface area (Å²) < 4.78 is 14.3. The molecule has 2 saturated heterocycles. The summed E-state index contributed by atoms with van der Waals surface area (Å²) in [5.74, 6) is -0.399. The van der Waals surface area contributed by atoms with Crippen LogP contribution >= 0.6 is 7.92 Å². The summed E-state index contributed by atoms with van der Waals surface area (Å²) in [5, 5.41) is 4.86. The summed E-state index contributed by atoms with van der Waals surface area (Å²) in [6, 6.07) is 12.6. The van der Waals surface area contributed by atoms with E-state index < -0.39 is 13.7 Å². The van der Waals surface area contributed by atoms with Crippen molar-refractivity contribution >= 4 is 13.4 Å². The van der Waals surface area contributed by atoms with Crippen molar-refractivity contribution in [2.24, 2.45) is 0 Å². The van der Waals surface area contributed by atoms with E-state index in [1.54, 1.807) is 0 Å². The van der Waals surface area contributed by atoms with E-state index >= 15 is 0 Å². The SMILES string of the molecule is CC1(C)CC2(CC(C)(C)P1c1ccnn1-c1ccccc1)OCCO2. The lowest BCUT2D eigenvalue weighted by Gasteiger charge is -2.55. The molecule has 25 heavy (non-hydrogen) atoms. The van der Waals surface area contributed by atoms with Crippen LogP contribution in [-0.4, -0.2) is 39.1 Å². The number of hydrogen-bond acceptors (Lipinski definition) is 3. The number of rotatable bonds is 2. The van der Waals surface area contributed by atoms with Crippen molar-refractivity contribution in [2.45, 2.75) is 56.6 Å². The molecule has 0 radical (unpaired) electrons. The van der Waals surface area contributed by atoms with Crippen LogP contribution in [0.5, 0.6) is 0 Å².